The first-order chi connectivity index (χ1) is 13.5. The minimum atomic E-state index is -0.595. The maximum atomic E-state index is 12.8. The number of amides is 2. The van der Waals surface area contributed by atoms with Gasteiger partial charge in [0, 0.05) is 24.5 Å². The van der Waals surface area contributed by atoms with Crippen molar-refractivity contribution in [1.29, 1.82) is 0 Å². The molecule has 1 aromatic carbocycles. The molecule has 2 aromatic rings. The quantitative estimate of drug-likeness (QED) is 0.479. The van der Waals surface area contributed by atoms with Crippen LogP contribution in [0.15, 0.2) is 36.4 Å². The minimum Gasteiger partial charge on any atom is -0.359 e. The van der Waals surface area contributed by atoms with Gasteiger partial charge < -0.3 is 15.4 Å². The van der Waals surface area contributed by atoms with Crippen LogP contribution in [0.2, 0.25) is 0 Å². The second-order valence-electron chi connectivity index (χ2n) is 6.31. The molecule has 0 aliphatic rings. The Hall–Kier alpha value is -2.44. The number of hydrogen-bond acceptors (Lipinski definition) is 4. The number of ether oxygens (including phenoxy) is 1. The van der Waals surface area contributed by atoms with Crippen LogP contribution in [0.4, 0.5) is 5.69 Å². The van der Waals surface area contributed by atoms with Crippen LogP contribution >= 0.6 is 11.6 Å². The maximum absolute atomic E-state index is 12.8. The number of alkyl halides is 1. The summed E-state index contributed by atoms with van der Waals surface area (Å²) in [7, 11) is 0. The van der Waals surface area contributed by atoms with Gasteiger partial charge in [-0.3, -0.25) is 9.59 Å². The van der Waals surface area contributed by atoms with Crippen LogP contribution in [0.25, 0.3) is 0 Å². The summed E-state index contributed by atoms with van der Waals surface area (Å²) in [5.74, 6) is -0.763. The van der Waals surface area contributed by atoms with Gasteiger partial charge in [-0.25, -0.2) is 4.98 Å². The van der Waals surface area contributed by atoms with E-state index in [0.717, 1.165) is 18.4 Å². The van der Waals surface area contributed by atoms with Gasteiger partial charge in [0.2, 0.25) is 0 Å². The molecule has 0 spiro atoms. The average molecular weight is 404 g/mol. The number of nitrogens with one attached hydrogen (secondary N) is 2. The Morgan fingerprint density at radius 2 is 1.96 bits per heavy atom. The minimum absolute atomic E-state index is 0.120. The molecule has 150 valence electrons. The highest BCUT2D eigenvalue weighted by atomic mass is 35.5. The van der Waals surface area contributed by atoms with E-state index in [0.29, 0.717) is 24.5 Å². The fraction of sp³-hybridized carbons (Fsp3) is 0.381. The van der Waals surface area contributed by atoms with Crippen molar-refractivity contribution in [3.8, 4) is 0 Å². The number of hydrogen-bond donors (Lipinski definition) is 2. The van der Waals surface area contributed by atoms with Crippen molar-refractivity contribution in [2.24, 2.45) is 0 Å². The summed E-state index contributed by atoms with van der Waals surface area (Å²) >= 11 is 6.18. The molecule has 7 heteroatoms. The van der Waals surface area contributed by atoms with Crippen molar-refractivity contribution in [3.05, 3.63) is 58.9 Å². The summed E-state index contributed by atoms with van der Waals surface area (Å²) in [5.41, 5.74) is 1.71. The number of carbonyl (C=O) groups excluding carboxylic acids is 2. The molecule has 0 saturated carbocycles. The monoisotopic (exact) mass is 403 g/mol. The molecule has 0 radical (unpaired) electrons. The number of unbranched alkanes of at least 4 members (excludes halogenated alkanes) is 1. The second kappa shape index (κ2) is 10.8. The van der Waals surface area contributed by atoms with Crippen molar-refractivity contribution >= 4 is 29.1 Å². The third kappa shape index (κ3) is 6.04. The molecule has 1 atom stereocenters. The van der Waals surface area contributed by atoms with Gasteiger partial charge in [0.15, 0.2) is 5.56 Å². The lowest BCUT2D eigenvalue weighted by Gasteiger charge is -2.13. The molecule has 0 saturated heterocycles. The van der Waals surface area contributed by atoms with Gasteiger partial charge >= 0.3 is 0 Å². The van der Waals surface area contributed by atoms with E-state index in [1.807, 2.05) is 19.9 Å². The van der Waals surface area contributed by atoms with Gasteiger partial charge in [-0.2, -0.15) is 0 Å². The molecule has 6 nitrogen and oxygen atoms in total. The Morgan fingerprint density at radius 1 is 1.18 bits per heavy atom. The molecule has 2 N–H and O–H groups in total. The van der Waals surface area contributed by atoms with Crippen LogP contribution in [0, 0.1) is 6.92 Å². The van der Waals surface area contributed by atoms with Crippen molar-refractivity contribution in [3.63, 3.8) is 0 Å². The Morgan fingerprint density at radius 3 is 2.68 bits per heavy atom. The topological polar surface area (TPSA) is 80.3 Å². The largest absolute Gasteiger partial charge is 0.359 e. The molecular weight excluding hydrogens is 378 g/mol. The second-order valence-corrected chi connectivity index (χ2v) is 6.71. The van der Waals surface area contributed by atoms with Crippen molar-refractivity contribution < 1.29 is 14.3 Å². The third-order valence-corrected chi connectivity index (χ3v) is 4.41. The lowest BCUT2D eigenvalue weighted by atomic mass is 10.1. The first-order valence-corrected chi connectivity index (χ1v) is 9.82. The van der Waals surface area contributed by atoms with Gasteiger partial charge in [-0.05, 0) is 50.1 Å². The SMILES string of the molecule is CCCCNC(=O)c1nc(C)ccc1C(=O)Nc1cccc(C(Cl)OCC)c1. The third-order valence-electron chi connectivity index (χ3n) is 4.03. The van der Waals surface area contributed by atoms with Gasteiger partial charge in [0.05, 0.1) is 5.56 Å². The van der Waals surface area contributed by atoms with Crippen LogP contribution in [-0.4, -0.2) is 29.9 Å². The van der Waals surface area contributed by atoms with E-state index in [-0.39, 0.29) is 17.2 Å². The van der Waals surface area contributed by atoms with Crippen LogP contribution in [0.5, 0.6) is 0 Å². The highest BCUT2D eigenvalue weighted by Gasteiger charge is 2.19. The van der Waals surface area contributed by atoms with Crippen molar-refractivity contribution in [2.45, 2.75) is 39.2 Å². The fourth-order valence-corrected chi connectivity index (χ4v) is 2.84. The zero-order valence-corrected chi connectivity index (χ0v) is 17.2. The molecule has 1 heterocycles. The summed E-state index contributed by atoms with van der Waals surface area (Å²) in [4.78, 5) is 29.5. The molecular formula is C21H26ClN3O3. The van der Waals surface area contributed by atoms with Crippen LogP contribution in [0.3, 0.4) is 0 Å². The predicted octanol–water partition coefficient (Wildman–Crippen LogP) is 4.45. The molecule has 2 rings (SSSR count). The zero-order valence-electron chi connectivity index (χ0n) is 16.4. The van der Waals surface area contributed by atoms with Gasteiger partial charge in [0.25, 0.3) is 11.8 Å². The Bertz CT molecular complexity index is 826. The van der Waals surface area contributed by atoms with E-state index in [1.165, 1.54) is 0 Å². The van der Waals surface area contributed by atoms with E-state index in [4.69, 9.17) is 16.3 Å². The summed E-state index contributed by atoms with van der Waals surface area (Å²) in [6.45, 7) is 6.71. The van der Waals surface area contributed by atoms with E-state index in [1.54, 1.807) is 37.3 Å². The lowest BCUT2D eigenvalue weighted by molar-refractivity contribution is 0.0934. The predicted molar refractivity (Wildman–Crippen MR) is 111 cm³/mol. The van der Waals surface area contributed by atoms with E-state index >= 15 is 0 Å². The highest BCUT2D eigenvalue weighted by molar-refractivity contribution is 6.20. The summed E-state index contributed by atoms with van der Waals surface area (Å²) in [5, 5.41) is 5.61. The van der Waals surface area contributed by atoms with E-state index in [9.17, 15) is 9.59 Å². The summed E-state index contributed by atoms with van der Waals surface area (Å²) in [6.07, 6.45) is 1.83. The van der Waals surface area contributed by atoms with Crippen molar-refractivity contribution in [2.75, 3.05) is 18.5 Å². The van der Waals surface area contributed by atoms with Crippen molar-refractivity contribution in [1.82, 2.24) is 10.3 Å². The van der Waals surface area contributed by atoms with Crippen LogP contribution < -0.4 is 10.6 Å². The number of anilines is 1. The average Bonchev–Trinajstić information content (AvgIpc) is 2.68. The number of aryl methyl sites for hydroxylation is 1. The molecule has 0 aliphatic carbocycles. The van der Waals surface area contributed by atoms with Gasteiger partial charge in [-0.1, -0.05) is 37.1 Å². The number of rotatable bonds is 9. The first-order valence-electron chi connectivity index (χ1n) is 9.39. The van der Waals surface area contributed by atoms with Crippen LogP contribution in [-0.2, 0) is 4.74 Å². The lowest BCUT2D eigenvalue weighted by Crippen LogP contribution is -2.28. The zero-order chi connectivity index (χ0) is 20.5. The highest BCUT2D eigenvalue weighted by Crippen LogP contribution is 2.24. The molecule has 1 unspecified atom stereocenters. The Balaban J connectivity index is 2.20. The fourth-order valence-electron chi connectivity index (χ4n) is 2.57. The smallest absolute Gasteiger partial charge is 0.270 e. The number of benzene rings is 1. The molecule has 0 aliphatic heterocycles. The standard InChI is InChI=1S/C21H26ClN3O3/c1-4-6-12-23-21(27)18-17(11-10-14(3)24-18)20(26)25-16-9-7-8-15(13-16)19(22)28-5-2/h7-11,13,19H,4-6,12H2,1-3H3,(H,23,27)(H,25,26). The number of aromatic nitrogens is 1. The van der Waals surface area contributed by atoms with Crippen LogP contribution in [0.1, 0.15) is 64.4 Å². The molecule has 0 fully saturated rings. The van der Waals surface area contributed by atoms with Gasteiger partial charge in [0.1, 0.15) is 5.69 Å². The first kappa shape index (κ1) is 21.9. The number of nitrogens with zero attached hydrogens (tertiary/aromatic N) is 1. The number of halogens is 1. The molecule has 1 aromatic heterocycles. The number of pyridine rings is 1. The Kier molecular flexibility index (Phi) is 8.42. The van der Waals surface area contributed by atoms with E-state index in [2.05, 4.69) is 15.6 Å². The number of carbonyl (C=O) groups is 2. The molecule has 2 amide bonds. The normalized spacial score (nSPS) is 11.7. The van der Waals surface area contributed by atoms with Gasteiger partial charge in [-0.15, -0.1) is 0 Å². The maximum Gasteiger partial charge on any atom is 0.270 e. The summed E-state index contributed by atoms with van der Waals surface area (Å²) in [6, 6.07) is 10.4. The summed E-state index contributed by atoms with van der Waals surface area (Å²) < 4.78 is 5.37. The molecule has 0 bridgehead atoms. The molecule has 28 heavy (non-hydrogen) atoms. The Labute approximate surface area is 170 Å². The van der Waals surface area contributed by atoms with E-state index < -0.39 is 11.5 Å².